The van der Waals surface area contributed by atoms with Gasteiger partial charge in [0.05, 0.1) is 16.4 Å². The molecule has 0 saturated heterocycles. The van der Waals surface area contributed by atoms with E-state index >= 15 is 0 Å². The maximum Gasteiger partial charge on any atom is 0.255 e. The fourth-order valence-corrected chi connectivity index (χ4v) is 2.61. The normalized spacial score (nSPS) is 11.2. The zero-order chi connectivity index (χ0) is 16.5. The maximum absolute atomic E-state index is 12.9. The summed E-state index contributed by atoms with van der Waals surface area (Å²) in [4.78, 5) is 11.7. The zero-order valence-electron chi connectivity index (χ0n) is 11.0. The van der Waals surface area contributed by atoms with Crippen LogP contribution >= 0.6 is 11.6 Å². The van der Waals surface area contributed by atoms with E-state index in [4.69, 9.17) is 22.5 Å². The molecular formula is C13H11ClFN3O3S. The molecule has 6 nitrogen and oxygen atoms in total. The largest absolute Gasteiger partial charge is 0.398 e. The number of nitrogens with one attached hydrogen (secondary N) is 1. The predicted molar refractivity (Wildman–Crippen MR) is 81.6 cm³/mol. The van der Waals surface area contributed by atoms with Crippen LogP contribution in [-0.4, -0.2) is 14.3 Å². The van der Waals surface area contributed by atoms with Gasteiger partial charge in [-0.15, -0.1) is 0 Å². The van der Waals surface area contributed by atoms with E-state index in [1.165, 1.54) is 18.2 Å². The van der Waals surface area contributed by atoms with Gasteiger partial charge in [0, 0.05) is 5.56 Å². The van der Waals surface area contributed by atoms with Crippen LogP contribution in [0.15, 0.2) is 41.3 Å². The number of primary sulfonamides is 1. The van der Waals surface area contributed by atoms with E-state index in [0.717, 1.165) is 18.2 Å². The Morgan fingerprint density at radius 3 is 2.45 bits per heavy atom. The molecule has 0 aromatic heterocycles. The Bertz CT molecular complexity index is 856. The van der Waals surface area contributed by atoms with Crippen LogP contribution in [0.5, 0.6) is 0 Å². The van der Waals surface area contributed by atoms with Crippen LogP contribution in [-0.2, 0) is 10.0 Å². The Kier molecular flexibility index (Phi) is 4.36. The van der Waals surface area contributed by atoms with Gasteiger partial charge in [0.1, 0.15) is 10.7 Å². The van der Waals surface area contributed by atoms with Crippen molar-refractivity contribution in [2.75, 3.05) is 11.1 Å². The van der Waals surface area contributed by atoms with Crippen LogP contribution in [0.1, 0.15) is 10.4 Å². The molecule has 22 heavy (non-hydrogen) atoms. The first kappa shape index (κ1) is 16.2. The summed E-state index contributed by atoms with van der Waals surface area (Å²) in [5.41, 5.74) is 5.64. The standard InChI is InChI=1S/C13H11ClFN3O3S/c14-9-6-8(15)2-4-11(9)18-13(19)7-1-3-10(16)12(5-7)22(17,20)21/h1-6H,16H2,(H,18,19)(H2,17,20,21). The minimum absolute atomic E-state index is 0.00969. The van der Waals surface area contributed by atoms with Gasteiger partial charge in [-0.05, 0) is 36.4 Å². The molecular weight excluding hydrogens is 333 g/mol. The van der Waals surface area contributed by atoms with Crippen LogP contribution in [0.25, 0.3) is 0 Å². The number of rotatable bonds is 3. The van der Waals surface area contributed by atoms with Gasteiger partial charge in [0.15, 0.2) is 0 Å². The molecule has 0 heterocycles. The highest BCUT2D eigenvalue weighted by atomic mass is 35.5. The molecule has 9 heteroatoms. The van der Waals surface area contributed by atoms with Gasteiger partial charge in [-0.1, -0.05) is 11.6 Å². The van der Waals surface area contributed by atoms with Gasteiger partial charge in [0.2, 0.25) is 10.0 Å². The second kappa shape index (κ2) is 5.91. The number of carbonyl (C=O) groups excluding carboxylic acids is 1. The van der Waals surface area contributed by atoms with Gasteiger partial charge in [-0.2, -0.15) is 0 Å². The Balaban J connectivity index is 2.34. The number of benzene rings is 2. The number of anilines is 2. The zero-order valence-corrected chi connectivity index (χ0v) is 12.6. The third kappa shape index (κ3) is 3.53. The average molecular weight is 344 g/mol. The van der Waals surface area contributed by atoms with E-state index in [0.29, 0.717) is 0 Å². The van der Waals surface area contributed by atoms with Crippen LogP contribution in [0.4, 0.5) is 15.8 Å². The van der Waals surface area contributed by atoms with E-state index in [1.807, 2.05) is 0 Å². The molecule has 0 atom stereocenters. The molecule has 0 unspecified atom stereocenters. The van der Waals surface area contributed by atoms with Gasteiger partial charge in [-0.25, -0.2) is 17.9 Å². The lowest BCUT2D eigenvalue weighted by Gasteiger charge is -2.09. The SMILES string of the molecule is Nc1ccc(C(=O)Nc2ccc(F)cc2Cl)cc1S(N)(=O)=O. The maximum atomic E-state index is 12.9. The van der Waals surface area contributed by atoms with Crippen molar-refractivity contribution in [2.45, 2.75) is 4.90 Å². The van der Waals surface area contributed by atoms with Gasteiger partial charge < -0.3 is 11.1 Å². The lowest BCUT2D eigenvalue weighted by Crippen LogP contribution is -2.17. The van der Waals surface area contributed by atoms with Crippen LogP contribution in [0.3, 0.4) is 0 Å². The van der Waals surface area contributed by atoms with Crippen molar-refractivity contribution in [3.05, 3.63) is 52.8 Å². The molecule has 2 aromatic rings. The minimum atomic E-state index is -4.06. The summed E-state index contributed by atoms with van der Waals surface area (Å²) in [6.45, 7) is 0. The summed E-state index contributed by atoms with van der Waals surface area (Å²) < 4.78 is 35.7. The van der Waals surface area contributed by atoms with Crippen molar-refractivity contribution in [2.24, 2.45) is 5.14 Å². The number of nitrogen functional groups attached to an aromatic ring is 1. The number of nitrogens with two attached hydrogens (primary N) is 2. The van der Waals surface area contributed by atoms with Gasteiger partial charge >= 0.3 is 0 Å². The first-order chi connectivity index (χ1) is 10.2. The first-order valence-corrected chi connectivity index (χ1v) is 7.79. The quantitative estimate of drug-likeness (QED) is 0.739. The number of halogens is 2. The van der Waals surface area contributed by atoms with E-state index in [9.17, 15) is 17.6 Å². The minimum Gasteiger partial charge on any atom is -0.398 e. The third-order valence-electron chi connectivity index (χ3n) is 2.76. The molecule has 2 aromatic carbocycles. The van der Waals surface area contributed by atoms with E-state index in [1.54, 1.807) is 0 Å². The summed E-state index contributed by atoms with van der Waals surface area (Å²) in [5, 5.41) is 7.47. The Labute approximate surface area is 130 Å². The van der Waals surface area contributed by atoms with Crippen molar-refractivity contribution in [3.63, 3.8) is 0 Å². The topological polar surface area (TPSA) is 115 Å². The molecule has 116 valence electrons. The summed E-state index contributed by atoms with van der Waals surface area (Å²) in [6, 6.07) is 7.08. The molecule has 2 rings (SSSR count). The van der Waals surface area contributed by atoms with E-state index in [2.05, 4.69) is 5.32 Å². The molecule has 0 fully saturated rings. The summed E-state index contributed by atoms with van der Waals surface area (Å²) in [6.07, 6.45) is 0. The molecule has 5 N–H and O–H groups in total. The molecule has 0 saturated carbocycles. The van der Waals surface area contributed by atoms with Crippen molar-refractivity contribution in [1.29, 1.82) is 0 Å². The van der Waals surface area contributed by atoms with Crippen molar-refractivity contribution < 1.29 is 17.6 Å². The molecule has 0 bridgehead atoms. The van der Waals surface area contributed by atoms with Crippen LogP contribution in [0.2, 0.25) is 5.02 Å². The number of hydrogen-bond acceptors (Lipinski definition) is 4. The van der Waals surface area contributed by atoms with Gasteiger partial charge in [0.25, 0.3) is 5.91 Å². The lowest BCUT2D eigenvalue weighted by molar-refractivity contribution is 0.102. The molecule has 0 radical (unpaired) electrons. The molecule has 1 amide bonds. The van der Waals surface area contributed by atoms with Gasteiger partial charge in [-0.3, -0.25) is 4.79 Å². The fourth-order valence-electron chi connectivity index (χ4n) is 1.71. The fraction of sp³-hybridized carbons (Fsp3) is 0. The third-order valence-corrected chi connectivity index (χ3v) is 4.04. The number of amides is 1. The highest BCUT2D eigenvalue weighted by molar-refractivity contribution is 7.89. The monoisotopic (exact) mass is 343 g/mol. The van der Waals surface area contributed by atoms with Crippen LogP contribution < -0.4 is 16.2 Å². The predicted octanol–water partition coefficient (Wildman–Crippen LogP) is 1.96. The molecule has 0 aliphatic heterocycles. The van der Waals surface area contributed by atoms with E-state index < -0.39 is 21.7 Å². The highest BCUT2D eigenvalue weighted by Gasteiger charge is 2.16. The first-order valence-electron chi connectivity index (χ1n) is 5.87. The number of carbonyl (C=O) groups is 1. The second-order valence-corrected chi connectivity index (χ2v) is 6.31. The molecule has 0 spiro atoms. The van der Waals surface area contributed by atoms with Crippen molar-refractivity contribution in [3.8, 4) is 0 Å². The highest BCUT2D eigenvalue weighted by Crippen LogP contribution is 2.24. The molecule has 0 aliphatic carbocycles. The number of hydrogen-bond donors (Lipinski definition) is 3. The van der Waals surface area contributed by atoms with Crippen molar-refractivity contribution in [1.82, 2.24) is 0 Å². The number of sulfonamides is 1. The Morgan fingerprint density at radius 1 is 1.18 bits per heavy atom. The Morgan fingerprint density at radius 2 is 1.86 bits per heavy atom. The summed E-state index contributed by atoms with van der Waals surface area (Å²) >= 11 is 5.80. The smallest absolute Gasteiger partial charge is 0.255 e. The second-order valence-electron chi connectivity index (χ2n) is 4.38. The molecule has 0 aliphatic rings. The average Bonchev–Trinajstić information content (AvgIpc) is 2.41. The van der Waals surface area contributed by atoms with Crippen LogP contribution in [0, 0.1) is 5.82 Å². The lowest BCUT2D eigenvalue weighted by atomic mass is 10.2. The Hall–Kier alpha value is -2.16. The summed E-state index contributed by atoms with van der Waals surface area (Å²) in [7, 11) is -4.06. The van der Waals surface area contributed by atoms with Crippen molar-refractivity contribution >= 4 is 38.9 Å². The summed E-state index contributed by atoms with van der Waals surface area (Å²) in [5.74, 6) is -1.19. The van der Waals surface area contributed by atoms with E-state index in [-0.39, 0.29) is 26.9 Å².